The molecule has 0 radical (unpaired) electrons. The molecule has 2 N–H and O–H groups in total. The van der Waals surface area contributed by atoms with E-state index in [1.54, 1.807) is 0 Å². The highest BCUT2D eigenvalue weighted by molar-refractivity contribution is 9.10. The van der Waals surface area contributed by atoms with Crippen LogP contribution < -0.4 is 15.4 Å². The monoisotopic (exact) mass is 408 g/mol. The lowest BCUT2D eigenvalue weighted by Gasteiger charge is -2.11. The van der Waals surface area contributed by atoms with Gasteiger partial charge >= 0.3 is 0 Å². The normalized spacial score (nSPS) is 11.6. The molecule has 0 amide bonds. The van der Waals surface area contributed by atoms with Gasteiger partial charge in [-0.05, 0) is 37.1 Å². The molecule has 0 atom stereocenters. The molecule has 1 heterocycles. The van der Waals surface area contributed by atoms with E-state index in [1.165, 1.54) is 0 Å². The van der Waals surface area contributed by atoms with E-state index in [2.05, 4.69) is 50.6 Å². The van der Waals surface area contributed by atoms with Crippen molar-refractivity contribution in [1.82, 2.24) is 15.8 Å². The molecule has 0 spiro atoms. The van der Waals surface area contributed by atoms with Crippen LogP contribution in [0.25, 0.3) is 0 Å². The minimum atomic E-state index is 0.351. The van der Waals surface area contributed by atoms with E-state index < -0.39 is 0 Å². The van der Waals surface area contributed by atoms with Crippen molar-refractivity contribution in [3.63, 3.8) is 0 Å². The molecule has 0 aliphatic heterocycles. The summed E-state index contributed by atoms with van der Waals surface area (Å²) in [6.07, 6.45) is 0. The zero-order valence-electron chi connectivity index (χ0n) is 14.9. The molecule has 0 saturated heterocycles. The van der Waals surface area contributed by atoms with Gasteiger partial charge in [0.15, 0.2) is 11.7 Å². The Morgan fingerprint density at radius 1 is 1.28 bits per heavy atom. The summed E-state index contributed by atoms with van der Waals surface area (Å²) >= 11 is 3.41. The molecule has 7 heteroatoms. The van der Waals surface area contributed by atoms with E-state index in [1.807, 2.05) is 37.3 Å². The van der Waals surface area contributed by atoms with Crippen LogP contribution in [0.5, 0.6) is 5.75 Å². The third-order valence-corrected chi connectivity index (χ3v) is 3.91. The van der Waals surface area contributed by atoms with Crippen LogP contribution in [0.4, 0.5) is 0 Å². The van der Waals surface area contributed by atoms with Crippen molar-refractivity contribution in [3.8, 4) is 5.75 Å². The van der Waals surface area contributed by atoms with Gasteiger partial charge in [-0.15, -0.1) is 0 Å². The molecule has 0 saturated carbocycles. The van der Waals surface area contributed by atoms with E-state index in [4.69, 9.17) is 9.26 Å². The van der Waals surface area contributed by atoms with Crippen molar-refractivity contribution in [2.24, 2.45) is 4.99 Å². The first-order valence-corrected chi connectivity index (χ1v) is 9.23. The van der Waals surface area contributed by atoms with Crippen LogP contribution in [0.3, 0.4) is 0 Å². The average Bonchev–Trinajstić information content (AvgIpc) is 3.07. The van der Waals surface area contributed by atoms with Gasteiger partial charge in [-0.2, -0.15) is 0 Å². The van der Waals surface area contributed by atoms with Gasteiger partial charge in [-0.1, -0.05) is 34.9 Å². The van der Waals surface area contributed by atoms with Crippen LogP contribution in [-0.4, -0.2) is 30.8 Å². The van der Waals surface area contributed by atoms with E-state index in [-0.39, 0.29) is 0 Å². The maximum Gasteiger partial charge on any atom is 0.191 e. The maximum atomic E-state index is 5.69. The number of aromatic nitrogens is 1. The summed E-state index contributed by atoms with van der Waals surface area (Å²) in [5, 5.41) is 10.5. The Morgan fingerprint density at radius 2 is 2.04 bits per heavy atom. The Hall–Kier alpha value is -2.02. The van der Waals surface area contributed by atoms with E-state index in [0.717, 1.165) is 34.2 Å². The number of hydrogen-bond donors (Lipinski definition) is 2. The highest BCUT2D eigenvalue weighted by atomic mass is 79.9. The second-order valence-corrected chi connectivity index (χ2v) is 6.71. The van der Waals surface area contributed by atoms with Crippen LogP contribution in [0.2, 0.25) is 0 Å². The molecule has 2 aromatic rings. The van der Waals surface area contributed by atoms with Crippen LogP contribution in [-0.2, 0) is 6.54 Å². The molecule has 25 heavy (non-hydrogen) atoms. The van der Waals surface area contributed by atoms with Crippen molar-refractivity contribution < 1.29 is 9.26 Å². The maximum absolute atomic E-state index is 5.69. The predicted octanol–water partition coefficient (Wildman–Crippen LogP) is 3.69. The number of nitrogens with zero attached hydrogens (tertiary/aromatic N) is 2. The van der Waals surface area contributed by atoms with Gasteiger partial charge in [0.05, 0.1) is 12.2 Å². The predicted molar refractivity (Wildman–Crippen MR) is 103 cm³/mol. The topological polar surface area (TPSA) is 71.7 Å². The molecule has 136 valence electrons. The lowest BCUT2D eigenvalue weighted by molar-refractivity contribution is 0.322. The van der Waals surface area contributed by atoms with E-state index in [9.17, 15) is 0 Å². The van der Waals surface area contributed by atoms with E-state index in [0.29, 0.717) is 25.6 Å². The summed E-state index contributed by atoms with van der Waals surface area (Å²) in [4.78, 5) is 4.51. The molecule has 0 aliphatic rings. The van der Waals surface area contributed by atoms with E-state index >= 15 is 0 Å². The standard InChI is InChI=1S/C18H25BrN4O2/c1-4-20-18(22-12-16-11-17(13(2)3)23-25-16)21-9-10-24-15-7-5-14(19)6-8-15/h5-8,11,13H,4,9-10,12H2,1-3H3,(H2,20,21,22). The Kier molecular flexibility index (Phi) is 7.78. The van der Waals surface area contributed by atoms with Gasteiger partial charge < -0.3 is 19.9 Å². The number of hydrogen-bond acceptors (Lipinski definition) is 4. The number of nitrogens with one attached hydrogen (secondary N) is 2. The first kappa shape index (κ1) is 19.3. The second-order valence-electron chi connectivity index (χ2n) is 5.80. The van der Waals surface area contributed by atoms with Gasteiger partial charge in [0, 0.05) is 17.1 Å². The van der Waals surface area contributed by atoms with Gasteiger partial charge in [0.1, 0.15) is 18.9 Å². The number of benzene rings is 1. The Labute approximate surface area is 157 Å². The first-order chi connectivity index (χ1) is 12.1. The zero-order chi connectivity index (χ0) is 18.1. The van der Waals surface area contributed by atoms with Crippen molar-refractivity contribution in [2.45, 2.75) is 33.2 Å². The largest absolute Gasteiger partial charge is 0.492 e. The van der Waals surface area contributed by atoms with Crippen LogP contribution in [0.1, 0.15) is 38.1 Å². The fourth-order valence-electron chi connectivity index (χ4n) is 2.04. The molecule has 1 aromatic heterocycles. The molecule has 0 aliphatic carbocycles. The van der Waals surface area contributed by atoms with Crippen molar-refractivity contribution in [1.29, 1.82) is 0 Å². The molecular weight excluding hydrogens is 384 g/mol. The van der Waals surface area contributed by atoms with Gasteiger partial charge in [-0.3, -0.25) is 0 Å². The molecule has 6 nitrogen and oxygen atoms in total. The number of rotatable bonds is 8. The molecule has 0 bridgehead atoms. The minimum Gasteiger partial charge on any atom is -0.492 e. The highest BCUT2D eigenvalue weighted by Gasteiger charge is 2.07. The Morgan fingerprint density at radius 3 is 2.68 bits per heavy atom. The average molecular weight is 409 g/mol. The zero-order valence-corrected chi connectivity index (χ0v) is 16.5. The van der Waals surface area contributed by atoms with Crippen molar-refractivity contribution in [3.05, 3.63) is 46.3 Å². The molecule has 0 fully saturated rings. The number of halogens is 1. The van der Waals surface area contributed by atoms with Gasteiger partial charge in [0.2, 0.25) is 0 Å². The lowest BCUT2D eigenvalue weighted by Crippen LogP contribution is -2.39. The minimum absolute atomic E-state index is 0.351. The second kappa shape index (κ2) is 10.1. The summed E-state index contributed by atoms with van der Waals surface area (Å²) in [6, 6.07) is 9.72. The SMILES string of the molecule is CCNC(=NCc1cc(C(C)C)no1)NCCOc1ccc(Br)cc1. The molecule has 1 aromatic carbocycles. The number of aliphatic imine (C=N–C) groups is 1. The quantitative estimate of drug-likeness (QED) is 0.395. The van der Waals surface area contributed by atoms with Crippen LogP contribution >= 0.6 is 15.9 Å². The van der Waals surface area contributed by atoms with Gasteiger partial charge in [-0.25, -0.2) is 4.99 Å². The molecule has 0 unspecified atom stereocenters. The van der Waals surface area contributed by atoms with Crippen molar-refractivity contribution in [2.75, 3.05) is 19.7 Å². The summed E-state index contributed by atoms with van der Waals surface area (Å²) in [5.74, 6) is 2.68. The summed E-state index contributed by atoms with van der Waals surface area (Å²) in [7, 11) is 0. The number of guanidine groups is 1. The van der Waals surface area contributed by atoms with Gasteiger partial charge in [0.25, 0.3) is 0 Å². The van der Waals surface area contributed by atoms with Crippen LogP contribution in [0, 0.1) is 0 Å². The van der Waals surface area contributed by atoms with Crippen LogP contribution in [0.15, 0.2) is 44.3 Å². The third kappa shape index (κ3) is 6.78. The highest BCUT2D eigenvalue weighted by Crippen LogP contribution is 2.16. The Bertz CT molecular complexity index is 668. The Balaban J connectivity index is 1.79. The summed E-state index contributed by atoms with van der Waals surface area (Å²) in [6.45, 7) is 8.63. The summed E-state index contributed by atoms with van der Waals surface area (Å²) < 4.78 is 12.0. The summed E-state index contributed by atoms with van der Waals surface area (Å²) in [5.41, 5.74) is 0.950. The van der Waals surface area contributed by atoms with Crippen molar-refractivity contribution >= 4 is 21.9 Å². The molecular formula is C18H25BrN4O2. The fourth-order valence-corrected chi connectivity index (χ4v) is 2.31. The number of ether oxygens (including phenoxy) is 1. The lowest BCUT2D eigenvalue weighted by atomic mass is 10.1. The third-order valence-electron chi connectivity index (χ3n) is 3.38. The molecule has 2 rings (SSSR count). The fraction of sp³-hybridized carbons (Fsp3) is 0.444. The smallest absolute Gasteiger partial charge is 0.191 e. The first-order valence-electron chi connectivity index (χ1n) is 8.44.